The summed E-state index contributed by atoms with van der Waals surface area (Å²) in [6.07, 6.45) is 9.59. The molecule has 0 saturated heterocycles. The SMILES string of the molecule is Cc1cc2cc(CN(Cc3cccnc3)[C@H](c3nnnn3C3CCCCC3)C(C)C)c(=O)[nH]c2cc1C. The van der Waals surface area contributed by atoms with E-state index >= 15 is 0 Å². The Balaban J connectivity index is 1.56. The predicted molar refractivity (Wildman–Crippen MR) is 145 cm³/mol. The van der Waals surface area contributed by atoms with Gasteiger partial charge in [-0.15, -0.1) is 5.10 Å². The molecule has 0 bridgehead atoms. The molecule has 3 aromatic heterocycles. The molecule has 0 amide bonds. The highest BCUT2D eigenvalue weighted by Crippen LogP contribution is 2.34. The van der Waals surface area contributed by atoms with Crippen molar-refractivity contribution in [1.29, 1.82) is 0 Å². The van der Waals surface area contributed by atoms with Crippen molar-refractivity contribution in [3.63, 3.8) is 0 Å². The first kappa shape index (κ1) is 25.3. The highest BCUT2D eigenvalue weighted by atomic mass is 16.1. The first-order chi connectivity index (χ1) is 17.9. The molecule has 8 nitrogen and oxygen atoms in total. The van der Waals surface area contributed by atoms with Crippen molar-refractivity contribution in [3.05, 3.63) is 81.2 Å². The van der Waals surface area contributed by atoms with Gasteiger partial charge in [0.05, 0.1) is 12.1 Å². The second-order valence-corrected chi connectivity index (χ2v) is 10.9. The number of aromatic amines is 1. The Bertz CT molecular complexity index is 1400. The first-order valence-electron chi connectivity index (χ1n) is 13.4. The topological polar surface area (TPSA) is 92.6 Å². The number of benzene rings is 1. The van der Waals surface area contributed by atoms with Crippen molar-refractivity contribution in [2.75, 3.05) is 0 Å². The Morgan fingerprint density at radius 2 is 1.86 bits per heavy atom. The smallest absolute Gasteiger partial charge is 0.252 e. The number of hydrogen-bond acceptors (Lipinski definition) is 6. The monoisotopic (exact) mass is 499 g/mol. The summed E-state index contributed by atoms with van der Waals surface area (Å²) in [6, 6.07) is 10.6. The van der Waals surface area contributed by atoms with Crippen molar-refractivity contribution in [2.45, 2.75) is 85.0 Å². The number of H-pyrrole nitrogens is 1. The maximum atomic E-state index is 13.3. The summed E-state index contributed by atoms with van der Waals surface area (Å²) >= 11 is 0. The molecule has 194 valence electrons. The predicted octanol–water partition coefficient (Wildman–Crippen LogP) is 5.43. The third kappa shape index (κ3) is 5.49. The van der Waals surface area contributed by atoms with Gasteiger partial charge in [0.1, 0.15) is 0 Å². The van der Waals surface area contributed by atoms with Crippen LogP contribution in [0.3, 0.4) is 0 Å². The molecule has 1 aliphatic rings. The summed E-state index contributed by atoms with van der Waals surface area (Å²) in [5, 5.41) is 14.2. The molecule has 1 aromatic carbocycles. The number of nitrogens with one attached hydrogen (secondary N) is 1. The minimum Gasteiger partial charge on any atom is -0.322 e. The van der Waals surface area contributed by atoms with Gasteiger partial charge in [0.2, 0.25) is 0 Å². The molecule has 1 N–H and O–H groups in total. The molecule has 8 heteroatoms. The fraction of sp³-hybridized carbons (Fsp3) is 0.483. The van der Waals surface area contributed by atoms with Gasteiger partial charge in [0, 0.05) is 36.6 Å². The lowest BCUT2D eigenvalue weighted by atomic mass is 9.94. The van der Waals surface area contributed by atoms with Gasteiger partial charge in [-0.1, -0.05) is 39.2 Å². The normalized spacial score (nSPS) is 15.6. The largest absolute Gasteiger partial charge is 0.322 e. The summed E-state index contributed by atoms with van der Waals surface area (Å²) in [6.45, 7) is 9.70. The van der Waals surface area contributed by atoms with Crippen LogP contribution in [0.25, 0.3) is 10.9 Å². The van der Waals surface area contributed by atoms with Gasteiger partial charge in [-0.3, -0.25) is 14.7 Å². The summed E-state index contributed by atoms with van der Waals surface area (Å²) < 4.78 is 2.07. The fourth-order valence-corrected chi connectivity index (χ4v) is 5.70. The number of nitrogens with zero attached hydrogens (tertiary/aromatic N) is 6. The summed E-state index contributed by atoms with van der Waals surface area (Å²) in [4.78, 5) is 23.1. The number of tetrazole rings is 1. The van der Waals surface area contributed by atoms with Gasteiger partial charge in [0.15, 0.2) is 5.82 Å². The standard InChI is InChI=1S/C29H37N7O/c1-19(2)27(28-32-33-34-36(28)25-10-6-5-7-11-25)35(17-22-9-8-12-30-16-22)18-24-15-23-13-20(3)21(4)14-26(23)31-29(24)37/h8-9,12-16,19,25,27H,5-7,10-11,17-18H2,1-4H3,(H,31,37)/t27-/m0/s1. The van der Waals surface area contributed by atoms with Crippen LogP contribution in [0.15, 0.2) is 47.5 Å². The molecule has 1 atom stereocenters. The van der Waals surface area contributed by atoms with Crippen LogP contribution >= 0.6 is 0 Å². The first-order valence-corrected chi connectivity index (χ1v) is 13.4. The molecule has 0 aliphatic heterocycles. The average Bonchev–Trinajstić information content (AvgIpc) is 3.36. The molecule has 1 saturated carbocycles. The van der Waals surface area contributed by atoms with Gasteiger partial charge >= 0.3 is 0 Å². The van der Waals surface area contributed by atoms with E-state index < -0.39 is 0 Å². The molecular weight excluding hydrogens is 462 g/mol. The molecule has 1 fully saturated rings. The van der Waals surface area contributed by atoms with Crippen LogP contribution in [0.5, 0.6) is 0 Å². The third-order valence-corrected chi connectivity index (χ3v) is 7.75. The van der Waals surface area contributed by atoms with E-state index in [0.717, 1.165) is 40.7 Å². The number of pyridine rings is 2. The third-order valence-electron chi connectivity index (χ3n) is 7.75. The Morgan fingerprint density at radius 3 is 2.59 bits per heavy atom. The van der Waals surface area contributed by atoms with E-state index in [0.29, 0.717) is 19.1 Å². The van der Waals surface area contributed by atoms with Crippen molar-refractivity contribution in [3.8, 4) is 0 Å². The fourth-order valence-electron chi connectivity index (χ4n) is 5.70. The van der Waals surface area contributed by atoms with Crippen molar-refractivity contribution >= 4 is 10.9 Å². The lowest BCUT2D eigenvalue weighted by molar-refractivity contribution is 0.121. The van der Waals surface area contributed by atoms with Crippen molar-refractivity contribution in [2.24, 2.45) is 5.92 Å². The lowest BCUT2D eigenvalue weighted by Gasteiger charge is -2.35. The Hall–Kier alpha value is -3.39. The van der Waals surface area contributed by atoms with E-state index in [1.54, 1.807) is 6.20 Å². The average molecular weight is 500 g/mol. The lowest BCUT2D eigenvalue weighted by Crippen LogP contribution is -2.36. The molecular formula is C29H37N7O. The quantitative estimate of drug-likeness (QED) is 0.347. The van der Waals surface area contributed by atoms with Gasteiger partial charge < -0.3 is 4.98 Å². The van der Waals surface area contributed by atoms with Crippen LogP contribution in [0.1, 0.15) is 86.1 Å². The van der Waals surface area contributed by atoms with E-state index in [4.69, 9.17) is 0 Å². The summed E-state index contributed by atoms with van der Waals surface area (Å²) in [5.74, 6) is 1.11. The minimum absolute atomic E-state index is 0.0543. The maximum Gasteiger partial charge on any atom is 0.252 e. The molecule has 5 rings (SSSR count). The van der Waals surface area contributed by atoms with Gasteiger partial charge in [-0.25, -0.2) is 4.68 Å². The van der Waals surface area contributed by atoms with E-state index in [9.17, 15) is 4.79 Å². The van der Waals surface area contributed by atoms with Gasteiger partial charge in [-0.2, -0.15) is 0 Å². The molecule has 0 radical (unpaired) electrons. The summed E-state index contributed by atoms with van der Waals surface area (Å²) in [5.41, 5.74) is 5.03. The van der Waals surface area contributed by atoms with Crippen LogP contribution in [0.2, 0.25) is 0 Å². The van der Waals surface area contributed by atoms with Crippen LogP contribution in [0, 0.1) is 19.8 Å². The molecule has 1 aliphatic carbocycles. The second-order valence-electron chi connectivity index (χ2n) is 10.9. The molecule has 0 unspecified atom stereocenters. The number of aryl methyl sites for hydroxylation is 2. The van der Waals surface area contributed by atoms with Crippen LogP contribution in [-0.2, 0) is 13.1 Å². The summed E-state index contributed by atoms with van der Waals surface area (Å²) in [7, 11) is 0. The van der Waals surface area contributed by atoms with Gasteiger partial charge in [0.25, 0.3) is 5.56 Å². The van der Waals surface area contributed by atoms with Crippen LogP contribution < -0.4 is 5.56 Å². The Labute approximate surface area is 218 Å². The Kier molecular flexibility index (Phi) is 7.46. The van der Waals surface area contributed by atoms with Crippen LogP contribution in [0.4, 0.5) is 0 Å². The van der Waals surface area contributed by atoms with E-state index in [2.05, 4.69) is 81.0 Å². The Morgan fingerprint density at radius 1 is 1.08 bits per heavy atom. The zero-order chi connectivity index (χ0) is 25.9. The zero-order valence-corrected chi connectivity index (χ0v) is 22.3. The highest BCUT2D eigenvalue weighted by Gasteiger charge is 2.32. The van der Waals surface area contributed by atoms with Crippen molar-refractivity contribution in [1.82, 2.24) is 35.1 Å². The molecule has 0 spiro atoms. The second kappa shape index (κ2) is 10.9. The minimum atomic E-state index is -0.0630. The van der Waals surface area contributed by atoms with Crippen molar-refractivity contribution < 1.29 is 0 Å². The zero-order valence-electron chi connectivity index (χ0n) is 22.3. The molecule has 4 aromatic rings. The number of rotatable bonds is 8. The molecule has 3 heterocycles. The maximum absolute atomic E-state index is 13.3. The number of aromatic nitrogens is 6. The highest BCUT2D eigenvalue weighted by molar-refractivity contribution is 5.80. The van der Waals surface area contributed by atoms with Gasteiger partial charge in [-0.05, 0) is 89.4 Å². The van der Waals surface area contributed by atoms with E-state index in [1.807, 2.05) is 18.3 Å². The van der Waals surface area contributed by atoms with E-state index in [-0.39, 0.29) is 17.5 Å². The van der Waals surface area contributed by atoms with Crippen LogP contribution in [-0.4, -0.2) is 35.1 Å². The van der Waals surface area contributed by atoms with E-state index in [1.165, 1.54) is 30.4 Å². The number of fused-ring (bicyclic) bond motifs is 1. The number of hydrogen-bond donors (Lipinski definition) is 1. The molecule has 37 heavy (non-hydrogen) atoms.